The van der Waals surface area contributed by atoms with Crippen molar-refractivity contribution in [3.8, 4) is 0 Å². The molecule has 0 aliphatic carbocycles. The second-order valence-electron chi connectivity index (χ2n) is 4.46. The third-order valence-corrected chi connectivity index (χ3v) is 5.05. The van der Waals surface area contributed by atoms with Crippen molar-refractivity contribution in [1.29, 1.82) is 0 Å². The predicted octanol–water partition coefficient (Wildman–Crippen LogP) is 3.09. The standard InChI is InChI=1S/C10H10F6O5S2/c1-3-20-7(17)6-5(21-23(18,19)10(14,15)16)4-8(2,22-6)9(11,12)13/h3-4H2,1-2H3. The molecule has 1 atom stereocenters. The van der Waals surface area contributed by atoms with Crippen molar-refractivity contribution in [1.82, 2.24) is 0 Å². The van der Waals surface area contributed by atoms with Gasteiger partial charge in [0.2, 0.25) is 0 Å². The molecule has 23 heavy (non-hydrogen) atoms. The van der Waals surface area contributed by atoms with Crippen LogP contribution >= 0.6 is 11.8 Å². The van der Waals surface area contributed by atoms with Gasteiger partial charge in [-0.2, -0.15) is 34.8 Å². The van der Waals surface area contributed by atoms with Crippen LogP contribution in [0.3, 0.4) is 0 Å². The number of alkyl halides is 6. The van der Waals surface area contributed by atoms with Crippen molar-refractivity contribution >= 4 is 27.8 Å². The molecule has 0 amide bonds. The van der Waals surface area contributed by atoms with E-state index >= 15 is 0 Å². The molecule has 0 aromatic rings. The SMILES string of the molecule is CCOC(=O)C1=C(OS(=O)(=O)C(F)(F)F)CC(C)(C(F)(F)F)S1. The van der Waals surface area contributed by atoms with Crippen LogP contribution in [0.1, 0.15) is 20.3 Å². The number of carbonyl (C=O) groups is 1. The summed E-state index contributed by atoms with van der Waals surface area (Å²) in [4.78, 5) is 10.6. The molecule has 1 unspecified atom stereocenters. The number of ether oxygens (including phenoxy) is 1. The average molecular weight is 388 g/mol. The van der Waals surface area contributed by atoms with Crippen molar-refractivity contribution in [2.75, 3.05) is 6.61 Å². The van der Waals surface area contributed by atoms with E-state index < -0.39 is 49.6 Å². The zero-order chi connectivity index (χ0) is 18.3. The van der Waals surface area contributed by atoms with Gasteiger partial charge in [-0.05, 0) is 13.8 Å². The van der Waals surface area contributed by atoms with Gasteiger partial charge in [-0.25, -0.2) is 4.79 Å². The number of halogens is 6. The summed E-state index contributed by atoms with van der Waals surface area (Å²) in [5, 5.41) is 0. The Morgan fingerprint density at radius 1 is 1.26 bits per heavy atom. The first-order chi connectivity index (χ1) is 10.1. The van der Waals surface area contributed by atoms with E-state index in [1.165, 1.54) is 6.92 Å². The highest BCUT2D eigenvalue weighted by Crippen LogP contribution is 2.55. The van der Waals surface area contributed by atoms with Crippen molar-refractivity contribution < 1.29 is 48.5 Å². The lowest BCUT2D eigenvalue weighted by atomic mass is 10.1. The number of carbonyl (C=O) groups excluding carboxylic acids is 1. The van der Waals surface area contributed by atoms with Crippen LogP contribution < -0.4 is 0 Å². The fourth-order valence-electron chi connectivity index (χ4n) is 1.46. The van der Waals surface area contributed by atoms with Gasteiger partial charge in [0.15, 0.2) is 0 Å². The van der Waals surface area contributed by atoms with Crippen LogP contribution in [0.4, 0.5) is 26.3 Å². The molecular weight excluding hydrogens is 378 g/mol. The highest BCUT2D eigenvalue weighted by Gasteiger charge is 2.59. The third kappa shape index (κ3) is 4.05. The number of thioether (sulfide) groups is 1. The molecular formula is C10H10F6O5S2. The minimum Gasteiger partial charge on any atom is -0.462 e. The van der Waals surface area contributed by atoms with Crippen molar-refractivity contribution in [3.63, 3.8) is 0 Å². The molecule has 1 aliphatic rings. The largest absolute Gasteiger partial charge is 0.534 e. The summed E-state index contributed by atoms with van der Waals surface area (Å²) in [7, 11) is -6.20. The molecule has 0 bridgehead atoms. The van der Waals surface area contributed by atoms with Crippen LogP contribution in [0.15, 0.2) is 10.7 Å². The molecule has 1 aliphatic heterocycles. The molecule has 0 saturated heterocycles. The summed E-state index contributed by atoms with van der Waals surface area (Å²) in [6.07, 6.45) is -6.19. The average Bonchev–Trinajstić information content (AvgIpc) is 2.65. The van der Waals surface area contributed by atoms with E-state index in [1.54, 1.807) is 0 Å². The first-order valence-corrected chi connectivity index (χ1v) is 8.04. The van der Waals surface area contributed by atoms with Gasteiger partial charge in [0.1, 0.15) is 15.4 Å². The second-order valence-corrected chi connectivity index (χ2v) is 7.51. The van der Waals surface area contributed by atoms with Gasteiger partial charge in [0, 0.05) is 6.42 Å². The molecule has 134 valence electrons. The van der Waals surface area contributed by atoms with E-state index in [0.29, 0.717) is 6.92 Å². The van der Waals surface area contributed by atoms with Crippen molar-refractivity contribution in [2.45, 2.75) is 36.7 Å². The molecule has 13 heteroatoms. The lowest BCUT2D eigenvalue weighted by Crippen LogP contribution is -2.37. The van der Waals surface area contributed by atoms with Crippen molar-refractivity contribution in [2.24, 2.45) is 0 Å². The Balaban J connectivity index is 3.26. The van der Waals surface area contributed by atoms with Gasteiger partial charge in [-0.15, -0.1) is 0 Å². The Labute approximate surface area is 131 Å². The van der Waals surface area contributed by atoms with E-state index in [4.69, 9.17) is 0 Å². The molecule has 0 N–H and O–H groups in total. The number of esters is 1. The lowest BCUT2D eigenvalue weighted by Gasteiger charge is -2.26. The molecule has 0 aromatic heterocycles. The smallest absolute Gasteiger partial charge is 0.462 e. The summed E-state index contributed by atoms with van der Waals surface area (Å²) in [6, 6.07) is 0. The fraction of sp³-hybridized carbons (Fsp3) is 0.700. The second kappa shape index (κ2) is 6.07. The Bertz CT molecular complexity index is 621. The molecule has 0 fully saturated rings. The van der Waals surface area contributed by atoms with Gasteiger partial charge >= 0.3 is 27.8 Å². The van der Waals surface area contributed by atoms with E-state index in [9.17, 15) is 39.6 Å². The molecule has 0 spiro atoms. The summed E-state index contributed by atoms with van der Waals surface area (Å²) in [5.74, 6) is -2.64. The normalized spacial score (nSPS) is 23.1. The van der Waals surface area contributed by atoms with E-state index in [0.717, 1.165) is 0 Å². The first kappa shape index (κ1) is 19.9. The Kier molecular flexibility index (Phi) is 5.26. The summed E-state index contributed by atoms with van der Waals surface area (Å²) in [6.45, 7) is 1.65. The molecule has 1 rings (SSSR count). The van der Waals surface area contributed by atoms with E-state index in [2.05, 4.69) is 8.92 Å². The van der Waals surface area contributed by atoms with E-state index in [-0.39, 0.29) is 18.4 Å². The third-order valence-electron chi connectivity index (χ3n) is 2.63. The minimum atomic E-state index is -6.20. The van der Waals surface area contributed by atoms with Gasteiger partial charge in [0.05, 0.1) is 6.61 Å². The number of hydrogen-bond donors (Lipinski definition) is 0. The highest BCUT2D eigenvalue weighted by atomic mass is 32.2. The predicted molar refractivity (Wildman–Crippen MR) is 66.4 cm³/mol. The van der Waals surface area contributed by atoms with Gasteiger partial charge in [-0.1, -0.05) is 11.8 Å². The molecule has 5 nitrogen and oxygen atoms in total. The van der Waals surface area contributed by atoms with Gasteiger partial charge in [-0.3, -0.25) is 0 Å². The zero-order valence-electron chi connectivity index (χ0n) is 11.5. The molecule has 1 heterocycles. The van der Waals surface area contributed by atoms with Crippen LogP contribution in [-0.4, -0.2) is 37.4 Å². The minimum absolute atomic E-state index is 0.149. The summed E-state index contributed by atoms with van der Waals surface area (Å²) in [5.41, 5.74) is -5.85. The molecule has 0 saturated carbocycles. The summed E-state index contributed by atoms with van der Waals surface area (Å²) < 4.78 is 103. The van der Waals surface area contributed by atoms with Crippen LogP contribution in [0.25, 0.3) is 0 Å². The Morgan fingerprint density at radius 2 is 1.78 bits per heavy atom. The maximum atomic E-state index is 13.0. The highest BCUT2D eigenvalue weighted by molar-refractivity contribution is 8.05. The van der Waals surface area contributed by atoms with E-state index in [1.807, 2.05) is 0 Å². The fourth-order valence-corrected chi connectivity index (χ4v) is 3.16. The van der Waals surface area contributed by atoms with Crippen molar-refractivity contribution in [3.05, 3.63) is 10.7 Å². The number of hydrogen-bond acceptors (Lipinski definition) is 6. The number of rotatable bonds is 4. The maximum absolute atomic E-state index is 13.0. The summed E-state index contributed by atoms with van der Waals surface area (Å²) >= 11 is -0.149. The molecule has 0 aromatic carbocycles. The number of allylic oxidation sites excluding steroid dienone is 1. The topological polar surface area (TPSA) is 69.7 Å². The first-order valence-electron chi connectivity index (χ1n) is 5.81. The van der Waals surface area contributed by atoms with Crippen LogP contribution in [0, 0.1) is 0 Å². The van der Waals surface area contributed by atoms with Crippen LogP contribution in [0.2, 0.25) is 0 Å². The Morgan fingerprint density at radius 3 is 2.17 bits per heavy atom. The van der Waals surface area contributed by atoms with Gasteiger partial charge in [0.25, 0.3) is 0 Å². The zero-order valence-corrected chi connectivity index (χ0v) is 13.2. The lowest BCUT2D eigenvalue weighted by molar-refractivity contribution is -0.155. The Hall–Kier alpha value is -1.11. The monoisotopic (exact) mass is 388 g/mol. The molecule has 0 radical (unpaired) electrons. The van der Waals surface area contributed by atoms with Crippen LogP contribution in [0.5, 0.6) is 0 Å². The van der Waals surface area contributed by atoms with Crippen LogP contribution in [-0.2, 0) is 23.8 Å². The maximum Gasteiger partial charge on any atom is 0.534 e. The van der Waals surface area contributed by atoms with Gasteiger partial charge < -0.3 is 8.92 Å². The quantitative estimate of drug-likeness (QED) is 0.319.